The summed E-state index contributed by atoms with van der Waals surface area (Å²) in [4.78, 5) is 0. The lowest BCUT2D eigenvalue weighted by atomic mass is 9.98. The highest BCUT2D eigenvalue weighted by atomic mass is 16.8. The van der Waals surface area contributed by atoms with Gasteiger partial charge in [0.1, 0.15) is 67.1 Å². The van der Waals surface area contributed by atoms with Crippen molar-refractivity contribution in [1.29, 1.82) is 0 Å². The summed E-state index contributed by atoms with van der Waals surface area (Å²) in [5, 5.41) is 121. The van der Waals surface area contributed by atoms with Gasteiger partial charge in [-0.25, -0.2) is 0 Å². The van der Waals surface area contributed by atoms with Gasteiger partial charge < -0.3 is 85.3 Å². The minimum absolute atomic E-state index is 0.526. The Morgan fingerprint density at radius 3 is 1.35 bits per heavy atom. The molecule has 17 heteroatoms. The first-order chi connectivity index (χ1) is 15.8. The van der Waals surface area contributed by atoms with Crippen LogP contribution >= 0.6 is 0 Å². The van der Waals surface area contributed by atoms with Gasteiger partial charge in [-0.1, -0.05) is 0 Å². The molecule has 202 valence electrons. The van der Waals surface area contributed by atoms with E-state index < -0.39 is 106 Å². The van der Waals surface area contributed by atoms with Crippen LogP contribution in [0.4, 0.5) is 0 Å². The highest BCUT2D eigenvalue weighted by Crippen LogP contribution is 2.28. The molecule has 0 aromatic carbocycles. The van der Waals surface area contributed by atoms with E-state index in [0.29, 0.717) is 0 Å². The fourth-order valence-corrected chi connectivity index (χ4v) is 3.41. The summed E-state index contributed by atoms with van der Waals surface area (Å²) in [6, 6.07) is 0. The van der Waals surface area contributed by atoms with Crippen molar-refractivity contribution < 1.29 is 85.3 Å². The quantitative estimate of drug-likeness (QED) is 0.168. The summed E-state index contributed by atoms with van der Waals surface area (Å²) in [5.41, 5.74) is 0. The molecule has 13 N–H and O–H groups in total. The van der Waals surface area contributed by atoms with Crippen molar-refractivity contribution in [1.82, 2.24) is 0 Å². The first-order valence-corrected chi connectivity index (χ1v) is 10.2. The molecule has 0 aromatic rings. The predicted octanol–water partition coefficient (Wildman–Crippen LogP) is -8.66. The third kappa shape index (κ3) is 6.35. The Balaban J connectivity index is 0.000000287. The van der Waals surface area contributed by atoms with Crippen LogP contribution in [-0.4, -0.2) is 172 Å². The van der Waals surface area contributed by atoms with E-state index in [0.717, 1.165) is 0 Å². The minimum atomic E-state index is -1.85. The molecule has 0 aliphatic carbocycles. The second kappa shape index (κ2) is 12.5. The standard InChI is InChI=1S/C11H20O11.C6H12O6/c12-1-2-8(4(14)6(16)9(18)20-2)21-11-7(17)3(13)5(15)10(19)22-11;7-1-2-3(8)4(9)5(10)6(11)12-2/h2-19H,1H2;2-11H,1H2/t2-,3?,4+,5?,6-,7?,8-,9-,10?,11?;2-,3-,4+,5-,6?/m11/s1. The van der Waals surface area contributed by atoms with Gasteiger partial charge in [0.25, 0.3) is 0 Å². The van der Waals surface area contributed by atoms with Crippen LogP contribution in [0.25, 0.3) is 0 Å². The number of aliphatic hydroxyl groups excluding tert-OH is 13. The number of hydrogen-bond donors (Lipinski definition) is 13. The maximum Gasteiger partial charge on any atom is 0.189 e. The lowest BCUT2D eigenvalue weighted by Gasteiger charge is -2.44. The number of hydrogen-bond acceptors (Lipinski definition) is 17. The highest BCUT2D eigenvalue weighted by molar-refractivity contribution is 4.92. The van der Waals surface area contributed by atoms with Crippen LogP contribution in [0.3, 0.4) is 0 Å². The molecule has 3 aliphatic rings. The van der Waals surface area contributed by atoms with E-state index >= 15 is 0 Å². The van der Waals surface area contributed by atoms with E-state index in [4.69, 9.17) is 39.7 Å². The Hall–Kier alpha value is -0.680. The smallest absolute Gasteiger partial charge is 0.189 e. The molecule has 0 spiro atoms. The molecule has 15 atom stereocenters. The van der Waals surface area contributed by atoms with Crippen LogP contribution in [-0.2, 0) is 18.9 Å². The van der Waals surface area contributed by atoms with Crippen LogP contribution in [0.15, 0.2) is 0 Å². The third-order valence-electron chi connectivity index (χ3n) is 5.54. The lowest BCUT2D eigenvalue weighted by Crippen LogP contribution is -2.64. The molecule has 3 rings (SSSR count). The second-order valence-electron chi connectivity index (χ2n) is 7.92. The first kappa shape index (κ1) is 29.5. The Morgan fingerprint density at radius 2 is 0.853 bits per heavy atom. The van der Waals surface area contributed by atoms with E-state index in [1.807, 2.05) is 0 Å². The molecule has 3 saturated heterocycles. The fourth-order valence-electron chi connectivity index (χ4n) is 3.41. The van der Waals surface area contributed by atoms with Gasteiger partial charge in [-0.15, -0.1) is 0 Å². The average molecular weight is 508 g/mol. The van der Waals surface area contributed by atoms with E-state index in [-0.39, 0.29) is 0 Å². The van der Waals surface area contributed by atoms with E-state index in [1.165, 1.54) is 0 Å². The first-order valence-electron chi connectivity index (χ1n) is 10.2. The molecular weight excluding hydrogens is 476 g/mol. The van der Waals surface area contributed by atoms with E-state index in [1.54, 1.807) is 0 Å². The summed E-state index contributed by atoms with van der Waals surface area (Å²) in [6.07, 6.45) is -23.8. The Labute approximate surface area is 191 Å². The zero-order valence-electron chi connectivity index (χ0n) is 17.5. The predicted molar refractivity (Wildman–Crippen MR) is 99.7 cm³/mol. The van der Waals surface area contributed by atoms with Gasteiger partial charge in [-0.3, -0.25) is 0 Å². The second-order valence-corrected chi connectivity index (χ2v) is 7.92. The van der Waals surface area contributed by atoms with Gasteiger partial charge in [-0.2, -0.15) is 0 Å². The van der Waals surface area contributed by atoms with Crippen LogP contribution in [0.5, 0.6) is 0 Å². The molecular formula is C17H32O17. The molecule has 0 amide bonds. The van der Waals surface area contributed by atoms with Crippen molar-refractivity contribution in [3.05, 3.63) is 0 Å². The normalized spacial score (nSPS) is 52.0. The van der Waals surface area contributed by atoms with Crippen LogP contribution < -0.4 is 0 Å². The molecule has 34 heavy (non-hydrogen) atoms. The molecule has 0 saturated carbocycles. The van der Waals surface area contributed by atoms with Gasteiger partial charge >= 0.3 is 0 Å². The van der Waals surface area contributed by atoms with Crippen LogP contribution in [0.2, 0.25) is 0 Å². The number of ether oxygens (including phenoxy) is 4. The minimum Gasteiger partial charge on any atom is -0.394 e. The maximum atomic E-state index is 9.87. The van der Waals surface area contributed by atoms with E-state index in [2.05, 4.69) is 4.74 Å². The number of aliphatic hydroxyl groups is 13. The monoisotopic (exact) mass is 508 g/mol. The maximum absolute atomic E-state index is 9.87. The fraction of sp³-hybridized carbons (Fsp3) is 1.00. The van der Waals surface area contributed by atoms with Crippen molar-refractivity contribution in [2.75, 3.05) is 13.2 Å². The molecule has 17 nitrogen and oxygen atoms in total. The zero-order valence-corrected chi connectivity index (χ0v) is 17.5. The SMILES string of the molecule is OC[C@H]1OC(O)[C@H](O)[C@@H](O)[C@@H]1O.OC[C@H]1O[C@@H](O)[C@H](O)[C@H](O)[C@@H]1OC1OC(O)C(O)C(O)C1O. The molecule has 6 unspecified atom stereocenters. The topological polar surface area (TPSA) is 300 Å². The molecule has 0 bridgehead atoms. The van der Waals surface area contributed by atoms with Crippen molar-refractivity contribution >= 4 is 0 Å². The van der Waals surface area contributed by atoms with E-state index in [9.17, 15) is 40.9 Å². The van der Waals surface area contributed by atoms with Gasteiger partial charge in [0, 0.05) is 0 Å². The van der Waals surface area contributed by atoms with Gasteiger partial charge in [0.2, 0.25) is 0 Å². The van der Waals surface area contributed by atoms with Crippen molar-refractivity contribution in [2.45, 2.75) is 92.3 Å². The molecule has 3 heterocycles. The molecule has 0 aromatic heterocycles. The zero-order chi connectivity index (χ0) is 25.9. The van der Waals surface area contributed by atoms with Crippen molar-refractivity contribution in [3.8, 4) is 0 Å². The lowest BCUT2D eigenvalue weighted by molar-refractivity contribution is -0.375. The largest absolute Gasteiger partial charge is 0.394 e. The Kier molecular flexibility index (Phi) is 10.9. The van der Waals surface area contributed by atoms with Gasteiger partial charge in [-0.05, 0) is 0 Å². The van der Waals surface area contributed by atoms with Crippen molar-refractivity contribution in [3.63, 3.8) is 0 Å². The summed E-state index contributed by atoms with van der Waals surface area (Å²) in [7, 11) is 0. The molecule has 3 fully saturated rings. The van der Waals surface area contributed by atoms with Crippen LogP contribution in [0, 0.1) is 0 Å². The Morgan fingerprint density at radius 1 is 0.441 bits per heavy atom. The number of rotatable bonds is 4. The average Bonchev–Trinajstić information content (AvgIpc) is 2.82. The Bertz CT molecular complexity index is 606. The van der Waals surface area contributed by atoms with Crippen LogP contribution in [0.1, 0.15) is 0 Å². The summed E-state index contributed by atoms with van der Waals surface area (Å²) >= 11 is 0. The van der Waals surface area contributed by atoms with Gasteiger partial charge in [0.15, 0.2) is 25.2 Å². The third-order valence-corrected chi connectivity index (χ3v) is 5.54. The molecule has 3 aliphatic heterocycles. The van der Waals surface area contributed by atoms with Gasteiger partial charge in [0.05, 0.1) is 13.2 Å². The molecule has 0 radical (unpaired) electrons. The summed E-state index contributed by atoms with van der Waals surface area (Å²) in [6.45, 7) is -1.22. The highest BCUT2D eigenvalue weighted by Gasteiger charge is 2.50. The van der Waals surface area contributed by atoms with Crippen molar-refractivity contribution in [2.24, 2.45) is 0 Å². The summed E-state index contributed by atoms with van der Waals surface area (Å²) < 4.78 is 19.3. The summed E-state index contributed by atoms with van der Waals surface area (Å²) in [5.74, 6) is 0.